The molecule has 96 valence electrons. The van der Waals surface area contributed by atoms with E-state index < -0.39 is 11.6 Å². The SMILES string of the molecule is CCn1c(=O)[nH]c2sc(CC(N)=O)c(C)c2c1=O. The van der Waals surface area contributed by atoms with Crippen LogP contribution in [0, 0.1) is 6.92 Å². The van der Waals surface area contributed by atoms with Crippen LogP contribution in [0.4, 0.5) is 0 Å². The summed E-state index contributed by atoms with van der Waals surface area (Å²) in [7, 11) is 0. The van der Waals surface area contributed by atoms with E-state index in [1.807, 2.05) is 0 Å². The number of aromatic nitrogens is 2. The first kappa shape index (κ1) is 12.6. The molecule has 0 aliphatic rings. The second-order valence-electron chi connectivity index (χ2n) is 3.98. The minimum absolute atomic E-state index is 0.0821. The molecular formula is C11H13N3O3S. The summed E-state index contributed by atoms with van der Waals surface area (Å²) in [6, 6.07) is 0. The van der Waals surface area contributed by atoms with E-state index >= 15 is 0 Å². The second kappa shape index (κ2) is 4.41. The molecule has 0 radical (unpaired) electrons. The molecule has 0 bridgehead atoms. The second-order valence-corrected chi connectivity index (χ2v) is 5.08. The van der Waals surface area contributed by atoms with Crippen molar-refractivity contribution >= 4 is 27.5 Å². The Morgan fingerprint density at radius 2 is 2.11 bits per heavy atom. The summed E-state index contributed by atoms with van der Waals surface area (Å²) in [4.78, 5) is 38.6. The van der Waals surface area contributed by atoms with Gasteiger partial charge in [0.05, 0.1) is 11.8 Å². The molecule has 0 unspecified atom stereocenters. The van der Waals surface area contributed by atoms with Crippen LogP contribution in [0.25, 0.3) is 10.2 Å². The third-order valence-electron chi connectivity index (χ3n) is 2.82. The van der Waals surface area contributed by atoms with Crippen LogP contribution in [0.2, 0.25) is 0 Å². The lowest BCUT2D eigenvalue weighted by Gasteiger charge is -2.00. The van der Waals surface area contributed by atoms with Gasteiger partial charge in [-0.15, -0.1) is 11.3 Å². The number of rotatable bonds is 3. The van der Waals surface area contributed by atoms with Crippen LogP contribution in [-0.4, -0.2) is 15.5 Å². The molecule has 0 saturated heterocycles. The Labute approximate surface area is 106 Å². The van der Waals surface area contributed by atoms with Crippen molar-refractivity contribution in [3.05, 3.63) is 31.3 Å². The highest BCUT2D eigenvalue weighted by Gasteiger charge is 2.16. The fraction of sp³-hybridized carbons (Fsp3) is 0.364. The summed E-state index contributed by atoms with van der Waals surface area (Å²) >= 11 is 1.23. The zero-order chi connectivity index (χ0) is 13.4. The molecule has 2 aromatic heterocycles. The van der Waals surface area contributed by atoms with Gasteiger partial charge in [-0.25, -0.2) is 4.79 Å². The first-order chi connectivity index (χ1) is 8.45. The van der Waals surface area contributed by atoms with Crippen molar-refractivity contribution in [3.63, 3.8) is 0 Å². The number of primary amides is 1. The van der Waals surface area contributed by atoms with Gasteiger partial charge in [0.1, 0.15) is 4.83 Å². The van der Waals surface area contributed by atoms with Crippen LogP contribution in [0.1, 0.15) is 17.4 Å². The van der Waals surface area contributed by atoms with Gasteiger partial charge in [0, 0.05) is 11.4 Å². The number of carbonyl (C=O) groups excluding carboxylic acids is 1. The lowest BCUT2D eigenvalue weighted by Crippen LogP contribution is -2.34. The Bertz CT molecular complexity index is 738. The van der Waals surface area contributed by atoms with Crippen molar-refractivity contribution in [2.45, 2.75) is 26.8 Å². The maximum absolute atomic E-state index is 12.1. The number of nitrogens with one attached hydrogen (secondary N) is 1. The van der Waals surface area contributed by atoms with Gasteiger partial charge < -0.3 is 5.73 Å². The molecule has 2 aromatic rings. The molecule has 18 heavy (non-hydrogen) atoms. The van der Waals surface area contributed by atoms with Gasteiger partial charge in [0.2, 0.25) is 5.91 Å². The first-order valence-electron chi connectivity index (χ1n) is 5.49. The molecule has 0 aromatic carbocycles. The summed E-state index contributed by atoms with van der Waals surface area (Å²) < 4.78 is 1.14. The van der Waals surface area contributed by atoms with E-state index in [4.69, 9.17) is 5.73 Å². The van der Waals surface area contributed by atoms with Crippen LogP contribution >= 0.6 is 11.3 Å². The van der Waals surface area contributed by atoms with E-state index in [2.05, 4.69) is 4.98 Å². The Hall–Kier alpha value is -1.89. The highest BCUT2D eigenvalue weighted by molar-refractivity contribution is 7.18. The van der Waals surface area contributed by atoms with Crippen LogP contribution in [-0.2, 0) is 17.8 Å². The van der Waals surface area contributed by atoms with Gasteiger partial charge in [-0.1, -0.05) is 0 Å². The van der Waals surface area contributed by atoms with Crippen LogP contribution < -0.4 is 17.0 Å². The predicted octanol–water partition coefficient (Wildman–Crippen LogP) is 0.107. The molecular weight excluding hydrogens is 254 g/mol. The molecule has 0 aliphatic heterocycles. The van der Waals surface area contributed by atoms with Crippen LogP contribution in [0.3, 0.4) is 0 Å². The van der Waals surface area contributed by atoms with Gasteiger partial charge in [0.15, 0.2) is 0 Å². The van der Waals surface area contributed by atoms with E-state index in [-0.39, 0.29) is 12.0 Å². The van der Waals surface area contributed by atoms with Crippen molar-refractivity contribution < 1.29 is 4.79 Å². The number of hydrogen-bond donors (Lipinski definition) is 2. The molecule has 2 heterocycles. The smallest absolute Gasteiger partial charge is 0.329 e. The standard InChI is InChI=1S/C11H13N3O3S/c1-3-14-10(16)8-5(2)6(4-7(12)15)18-9(8)13-11(14)17/h3-4H2,1-2H3,(H2,12,15)(H,13,17). The van der Waals surface area contributed by atoms with E-state index in [0.717, 1.165) is 15.0 Å². The quantitative estimate of drug-likeness (QED) is 0.825. The van der Waals surface area contributed by atoms with Gasteiger partial charge in [0.25, 0.3) is 5.56 Å². The summed E-state index contributed by atoms with van der Waals surface area (Å²) in [5, 5.41) is 0.470. The maximum atomic E-state index is 12.1. The predicted molar refractivity (Wildman–Crippen MR) is 70.0 cm³/mol. The van der Waals surface area contributed by atoms with E-state index in [9.17, 15) is 14.4 Å². The van der Waals surface area contributed by atoms with Crippen LogP contribution in [0.5, 0.6) is 0 Å². The highest BCUT2D eigenvalue weighted by Crippen LogP contribution is 2.26. The summed E-state index contributed by atoms with van der Waals surface area (Å²) in [5.41, 5.74) is 5.12. The fourth-order valence-electron chi connectivity index (χ4n) is 1.91. The molecule has 0 atom stereocenters. The number of nitrogens with zero attached hydrogens (tertiary/aromatic N) is 1. The molecule has 7 heteroatoms. The number of carbonyl (C=O) groups is 1. The number of aromatic amines is 1. The number of aryl methyl sites for hydroxylation is 1. The fourth-order valence-corrected chi connectivity index (χ4v) is 3.11. The summed E-state index contributed by atoms with van der Waals surface area (Å²) in [6.07, 6.45) is 0.0821. The van der Waals surface area contributed by atoms with Crippen molar-refractivity contribution in [3.8, 4) is 0 Å². The van der Waals surface area contributed by atoms with Gasteiger partial charge >= 0.3 is 5.69 Å². The molecule has 0 spiro atoms. The number of amides is 1. The van der Waals surface area contributed by atoms with E-state index in [0.29, 0.717) is 16.8 Å². The Balaban J connectivity index is 2.82. The van der Waals surface area contributed by atoms with Gasteiger partial charge in [-0.2, -0.15) is 0 Å². The first-order valence-corrected chi connectivity index (χ1v) is 6.30. The molecule has 0 aliphatic carbocycles. The van der Waals surface area contributed by atoms with Crippen molar-refractivity contribution in [2.24, 2.45) is 5.73 Å². The molecule has 1 amide bonds. The number of fused-ring (bicyclic) bond motifs is 1. The van der Waals surface area contributed by atoms with E-state index in [1.165, 1.54) is 11.3 Å². The monoisotopic (exact) mass is 267 g/mol. The topological polar surface area (TPSA) is 97.9 Å². The maximum Gasteiger partial charge on any atom is 0.329 e. The Morgan fingerprint density at radius 3 is 2.67 bits per heavy atom. The minimum Gasteiger partial charge on any atom is -0.369 e. The Kier molecular flexibility index (Phi) is 3.08. The molecule has 2 rings (SSSR count). The lowest BCUT2D eigenvalue weighted by atomic mass is 10.2. The number of hydrogen-bond acceptors (Lipinski definition) is 4. The largest absolute Gasteiger partial charge is 0.369 e. The molecule has 3 N–H and O–H groups in total. The average Bonchev–Trinajstić information content (AvgIpc) is 2.55. The third kappa shape index (κ3) is 1.86. The molecule has 0 saturated carbocycles. The van der Waals surface area contributed by atoms with E-state index in [1.54, 1.807) is 13.8 Å². The van der Waals surface area contributed by atoms with Gasteiger partial charge in [-0.3, -0.25) is 19.1 Å². The van der Waals surface area contributed by atoms with Crippen molar-refractivity contribution in [1.29, 1.82) is 0 Å². The molecule has 0 fully saturated rings. The van der Waals surface area contributed by atoms with Crippen molar-refractivity contribution in [2.75, 3.05) is 0 Å². The Morgan fingerprint density at radius 1 is 1.44 bits per heavy atom. The summed E-state index contributed by atoms with van der Waals surface area (Å²) in [5.74, 6) is -0.456. The van der Waals surface area contributed by atoms with Crippen molar-refractivity contribution in [1.82, 2.24) is 9.55 Å². The normalized spacial score (nSPS) is 11.0. The lowest BCUT2D eigenvalue weighted by molar-refractivity contribution is -0.117. The summed E-state index contributed by atoms with van der Waals surface area (Å²) in [6.45, 7) is 3.80. The average molecular weight is 267 g/mol. The third-order valence-corrected chi connectivity index (χ3v) is 4.03. The zero-order valence-corrected chi connectivity index (χ0v) is 10.9. The minimum atomic E-state index is -0.456. The number of nitrogens with two attached hydrogens (primary N) is 1. The number of thiophene rings is 1. The zero-order valence-electron chi connectivity index (χ0n) is 10.1. The highest BCUT2D eigenvalue weighted by atomic mass is 32.1. The van der Waals surface area contributed by atoms with Gasteiger partial charge in [-0.05, 0) is 19.4 Å². The van der Waals surface area contributed by atoms with Crippen LogP contribution in [0.15, 0.2) is 9.59 Å². The molecule has 6 nitrogen and oxygen atoms in total. The number of H-pyrrole nitrogens is 1.